The SMILES string of the molecule is CCC1(O)CCC(SN)CC1. The van der Waals surface area contributed by atoms with Gasteiger partial charge in [-0.3, -0.25) is 5.14 Å². The molecule has 0 atom stereocenters. The minimum atomic E-state index is -0.369. The summed E-state index contributed by atoms with van der Waals surface area (Å²) in [6.07, 6.45) is 4.89. The van der Waals surface area contributed by atoms with E-state index in [1.807, 2.05) is 0 Å². The van der Waals surface area contributed by atoms with Gasteiger partial charge >= 0.3 is 0 Å². The van der Waals surface area contributed by atoms with Crippen molar-refractivity contribution in [3.63, 3.8) is 0 Å². The average Bonchev–Trinajstić information content (AvgIpc) is 2.06. The molecule has 0 bridgehead atoms. The molecule has 1 aliphatic carbocycles. The zero-order valence-corrected chi connectivity index (χ0v) is 7.86. The molecule has 11 heavy (non-hydrogen) atoms. The number of aliphatic hydroxyl groups is 1. The zero-order chi connectivity index (χ0) is 8.32. The topological polar surface area (TPSA) is 46.2 Å². The van der Waals surface area contributed by atoms with E-state index in [1.54, 1.807) is 0 Å². The molecule has 1 saturated carbocycles. The van der Waals surface area contributed by atoms with Crippen molar-refractivity contribution >= 4 is 11.9 Å². The number of rotatable bonds is 2. The van der Waals surface area contributed by atoms with Crippen LogP contribution < -0.4 is 5.14 Å². The van der Waals surface area contributed by atoms with Gasteiger partial charge in [-0.25, -0.2) is 0 Å². The van der Waals surface area contributed by atoms with Gasteiger partial charge in [-0.1, -0.05) is 18.9 Å². The highest BCUT2D eigenvalue weighted by Crippen LogP contribution is 2.34. The van der Waals surface area contributed by atoms with Crippen molar-refractivity contribution < 1.29 is 5.11 Å². The highest BCUT2D eigenvalue weighted by molar-refractivity contribution is 7.97. The second-order valence-corrected chi connectivity index (χ2v) is 4.35. The molecule has 0 aliphatic heterocycles. The molecular weight excluding hydrogens is 158 g/mol. The van der Waals surface area contributed by atoms with Gasteiger partial charge in [0.1, 0.15) is 0 Å². The van der Waals surface area contributed by atoms with E-state index in [2.05, 4.69) is 6.92 Å². The minimum absolute atomic E-state index is 0.369. The standard InChI is InChI=1S/C8H17NOS/c1-2-8(10)5-3-7(11-9)4-6-8/h7,10H,2-6,9H2,1H3. The Bertz CT molecular complexity index is 121. The van der Waals surface area contributed by atoms with Crippen LogP contribution in [0.4, 0.5) is 0 Å². The van der Waals surface area contributed by atoms with Crippen LogP contribution in [0.1, 0.15) is 39.0 Å². The summed E-state index contributed by atoms with van der Waals surface area (Å²) in [6, 6.07) is 0. The van der Waals surface area contributed by atoms with Gasteiger partial charge in [0.15, 0.2) is 0 Å². The Kier molecular flexibility index (Phi) is 3.22. The summed E-state index contributed by atoms with van der Waals surface area (Å²) in [5.74, 6) is 0. The van der Waals surface area contributed by atoms with E-state index < -0.39 is 0 Å². The molecule has 0 amide bonds. The third-order valence-corrected chi connectivity index (χ3v) is 3.57. The van der Waals surface area contributed by atoms with Crippen molar-refractivity contribution in [2.45, 2.75) is 49.9 Å². The molecule has 2 nitrogen and oxygen atoms in total. The van der Waals surface area contributed by atoms with Crippen molar-refractivity contribution in [2.75, 3.05) is 0 Å². The van der Waals surface area contributed by atoms with E-state index in [4.69, 9.17) is 5.14 Å². The van der Waals surface area contributed by atoms with Crippen molar-refractivity contribution in [1.29, 1.82) is 0 Å². The van der Waals surface area contributed by atoms with Crippen LogP contribution in [0.15, 0.2) is 0 Å². The van der Waals surface area contributed by atoms with Crippen LogP contribution in [-0.4, -0.2) is 16.0 Å². The molecule has 3 heteroatoms. The van der Waals surface area contributed by atoms with Crippen LogP contribution in [0.5, 0.6) is 0 Å². The first-order chi connectivity index (χ1) is 5.20. The molecule has 66 valence electrons. The summed E-state index contributed by atoms with van der Waals surface area (Å²) in [5.41, 5.74) is -0.369. The largest absolute Gasteiger partial charge is 0.390 e. The molecule has 0 aromatic heterocycles. The molecule has 0 aromatic carbocycles. The molecule has 0 radical (unpaired) electrons. The maximum atomic E-state index is 9.84. The maximum Gasteiger partial charge on any atom is 0.0646 e. The summed E-state index contributed by atoms with van der Waals surface area (Å²) in [5, 5.41) is 15.9. The Morgan fingerprint density at radius 2 is 2.09 bits per heavy atom. The third kappa shape index (κ3) is 2.36. The minimum Gasteiger partial charge on any atom is -0.390 e. The number of nitrogens with two attached hydrogens (primary N) is 1. The Morgan fingerprint density at radius 3 is 2.45 bits per heavy atom. The van der Waals surface area contributed by atoms with Crippen LogP contribution in [0.2, 0.25) is 0 Å². The fourth-order valence-electron chi connectivity index (χ4n) is 1.62. The van der Waals surface area contributed by atoms with Crippen LogP contribution in [0.25, 0.3) is 0 Å². The number of hydrogen-bond acceptors (Lipinski definition) is 3. The third-order valence-electron chi connectivity index (χ3n) is 2.71. The molecule has 1 rings (SSSR count). The molecule has 1 aliphatic rings. The molecule has 0 spiro atoms. The Hall–Kier alpha value is 0.270. The van der Waals surface area contributed by atoms with Crippen LogP contribution >= 0.6 is 11.9 Å². The van der Waals surface area contributed by atoms with Gasteiger partial charge in [-0.2, -0.15) is 0 Å². The smallest absolute Gasteiger partial charge is 0.0646 e. The molecule has 0 unspecified atom stereocenters. The lowest BCUT2D eigenvalue weighted by Gasteiger charge is -2.34. The normalized spacial score (nSPS) is 39.0. The van der Waals surface area contributed by atoms with Gasteiger partial charge in [0.05, 0.1) is 5.60 Å². The summed E-state index contributed by atoms with van der Waals surface area (Å²) in [4.78, 5) is 0. The van der Waals surface area contributed by atoms with Crippen molar-refractivity contribution in [1.82, 2.24) is 0 Å². The van der Waals surface area contributed by atoms with E-state index >= 15 is 0 Å². The average molecular weight is 175 g/mol. The second-order valence-electron chi connectivity index (χ2n) is 3.41. The first-order valence-corrected chi connectivity index (χ1v) is 5.22. The van der Waals surface area contributed by atoms with Gasteiger partial charge in [-0.05, 0) is 32.1 Å². The lowest BCUT2D eigenvalue weighted by atomic mass is 9.83. The van der Waals surface area contributed by atoms with Crippen LogP contribution in [0.3, 0.4) is 0 Å². The first-order valence-electron chi connectivity index (χ1n) is 4.28. The predicted octanol–water partition coefficient (Wildman–Crippen LogP) is 1.68. The lowest BCUT2D eigenvalue weighted by Crippen LogP contribution is -2.34. The van der Waals surface area contributed by atoms with Crippen molar-refractivity contribution in [2.24, 2.45) is 5.14 Å². The summed E-state index contributed by atoms with van der Waals surface area (Å²) in [6.45, 7) is 2.05. The lowest BCUT2D eigenvalue weighted by molar-refractivity contribution is 0.00208. The number of hydrogen-bond donors (Lipinski definition) is 2. The monoisotopic (exact) mass is 175 g/mol. The molecule has 3 N–H and O–H groups in total. The molecule has 1 fully saturated rings. The van der Waals surface area contributed by atoms with Crippen LogP contribution in [-0.2, 0) is 0 Å². The Morgan fingerprint density at radius 1 is 1.55 bits per heavy atom. The molecule has 0 aromatic rings. The van der Waals surface area contributed by atoms with Gasteiger partial charge in [0.25, 0.3) is 0 Å². The van der Waals surface area contributed by atoms with Gasteiger partial charge in [-0.15, -0.1) is 0 Å². The van der Waals surface area contributed by atoms with E-state index in [-0.39, 0.29) is 5.60 Å². The highest BCUT2D eigenvalue weighted by Gasteiger charge is 2.30. The Balaban J connectivity index is 2.35. The van der Waals surface area contributed by atoms with Gasteiger partial charge in [0, 0.05) is 5.25 Å². The summed E-state index contributed by atoms with van der Waals surface area (Å²) in [7, 11) is 0. The second kappa shape index (κ2) is 3.78. The van der Waals surface area contributed by atoms with E-state index in [0.717, 1.165) is 32.1 Å². The van der Waals surface area contributed by atoms with E-state index in [9.17, 15) is 5.11 Å². The summed E-state index contributed by atoms with van der Waals surface area (Å²) < 4.78 is 0. The zero-order valence-electron chi connectivity index (χ0n) is 7.05. The predicted molar refractivity (Wildman–Crippen MR) is 49.3 cm³/mol. The fourth-order valence-corrected chi connectivity index (χ4v) is 2.13. The maximum absolute atomic E-state index is 9.84. The molecular formula is C8H17NOS. The Labute approximate surface area is 72.7 Å². The van der Waals surface area contributed by atoms with Crippen molar-refractivity contribution in [3.05, 3.63) is 0 Å². The van der Waals surface area contributed by atoms with E-state index in [1.165, 1.54) is 11.9 Å². The van der Waals surface area contributed by atoms with Crippen LogP contribution in [0, 0.1) is 0 Å². The van der Waals surface area contributed by atoms with Gasteiger partial charge in [0.2, 0.25) is 0 Å². The van der Waals surface area contributed by atoms with Gasteiger partial charge < -0.3 is 5.11 Å². The highest BCUT2D eigenvalue weighted by atomic mass is 32.2. The van der Waals surface area contributed by atoms with Crippen molar-refractivity contribution in [3.8, 4) is 0 Å². The molecule has 0 heterocycles. The first kappa shape index (κ1) is 9.36. The van der Waals surface area contributed by atoms with E-state index in [0.29, 0.717) is 5.25 Å². The fraction of sp³-hybridized carbons (Fsp3) is 1.00. The molecule has 0 saturated heterocycles. The quantitative estimate of drug-likeness (QED) is 0.628. The summed E-state index contributed by atoms with van der Waals surface area (Å²) >= 11 is 1.45.